The van der Waals surface area contributed by atoms with Crippen molar-refractivity contribution in [2.45, 2.75) is 39.7 Å². The topological polar surface area (TPSA) is 108 Å². The second-order valence-electron chi connectivity index (χ2n) is 10.6. The first-order valence-corrected chi connectivity index (χ1v) is 13.2. The number of H-pyrrole nitrogens is 1. The van der Waals surface area contributed by atoms with E-state index in [9.17, 15) is 4.79 Å². The summed E-state index contributed by atoms with van der Waals surface area (Å²) in [5.74, 6) is 0.696. The molecule has 5 heterocycles. The minimum atomic E-state index is -0.0805. The summed E-state index contributed by atoms with van der Waals surface area (Å²) in [6.07, 6.45) is 12.7. The zero-order chi connectivity index (χ0) is 25.6. The molecular formula is C28H27N7OS. The van der Waals surface area contributed by atoms with Crippen LogP contribution in [0.25, 0.3) is 27.7 Å². The van der Waals surface area contributed by atoms with Crippen molar-refractivity contribution in [3.63, 3.8) is 0 Å². The molecule has 0 fully saturated rings. The first-order chi connectivity index (χ1) is 17.8. The summed E-state index contributed by atoms with van der Waals surface area (Å²) in [7, 11) is 0. The van der Waals surface area contributed by atoms with Gasteiger partial charge in [0, 0.05) is 35.5 Å². The first-order valence-electron chi connectivity index (χ1n) is 12.2. The van der Waals surface area contributed by atoms with Crippen LogP contribution in [0.3, 0.4) is 0 Å². The molecule has 4 aromatic heterocycles. The van der Waals surface area contributed by atoms with E-state index in [0.717, 1.165) is 51.0 Å². The highest BCUT2D eigenvalue weighted by molar-refractivity contribution is 7.08. The number of rotatable bonds is 5. The highest BCUT2D eigenvalue weighted by Crippen LogP contribution is 2.33. The van der Waals surface area contributed by atoms with E-state index in [0.29, 0.717) is 17.9 Å². The quantitative estimate of drug-likeness (QED) is 0.327. The monoisotopic (exact) mass is 509 g/mol. The Hall–Kier alpha value is -4.11. The summed E-state index contributed by atoms with van der Waals surface area (Å²) in [6.45, 7) is 6.15. The highest BCUT2D eigenvalue weighted by atomic mass is 32.1. The molecule has 1 amide bonds. The van der Waals surface area contributed by atoms with Crippen molar-refractivity contribution in [3.05, 3.63) is 76.8 Å². The van der Waals surface area contributed by atoms with Gasteiger partial charge in [0.2, 0.25) is 5.91 Å². The van der Waals surface area contributed by atoms with Crippen molar-refractivity contribution < 1.29 is 4.79 Å². The number of thiophene rings is 1. The van der Waals surface area contributed by atoms with E-state index in [1.807, 2.05) is 39.2 Å². The second kappa shape index (κ2) is 9.08. The molecule has 3 N–H and O–H groups in total. The number of aromatic amines is 1. The van der Waals surface area contributed by atoms with Gasteiger partial charge in [-0.15, -0.1) is 0 Å². The minimum Gasteiger partial charge on any atom is -0.335 e. The second-order valence-corrected chi connectivity index (χ2v) is 11.3. The lowest BCUT2D eigenvalue weighted by Crippen LogP contribution is -2.23. The van der Waals surface area contributed by atoms with Crippen molar-refractivity contribution in [1.29, 1.82) is 0 Å². The van der Waals surface area contributed by atoms with Gasteiger partial charge in [-0.1, -0.05) is 26.8 Å². The van der Waals surface area contributed by atoms with Gasteiger partial charge in [-0.05, 0) is 51.9 Å². The molecule has 6 rings (SSSR count). The van der Waals surface area contributed by atoms with Crippen LogP contribution >= 0.6 is 11.3 Å². The van der Waals surface area contributed by atoms with Crippen LogP contribution in [0.2, 0.25) is 0 Å². The van der Waals surface area contributed by atoms with Gasteiger partial charge in [0.15, 0.2) is 5.82 Å². The van der Waals surface area contributed by atoms with E-state index in [2.05, 4.69) is 59.8 Å². The summed E-state index contributed by atoms with van der Waals surface area (Å²) in [5.41, 5.74) is 11.6. The van der Waals surface area contributed by atoms with Gasteiger partial charge in [-0.2, -0.15) is 16.4 Å². The predicted octanol–water partition coefficient (Wildman–Crippen LogP) is 5.55. The Morgan fingerprint density at radius 1 is 1.16 bits per heavy atom. The van der Waals surface area contributed by atoms with Gasteiger partial charge in [0.05, 0.1) is 29.6 Å². The zero-order valence-corrected chi connectivity index (χ0v) is 21.7. The Bertz CT molecular complexity index is 1590. The number of nitrogens with zero attached hydrogens (tertiary/aromatic N) is 4. The Morgan fingerprint density at radius 2 is 2.03 bits per heavy atom. The van der Waals surface area contributed by atoms with Crippen molar-refractivity contribution in [2.24, 2.45) is 10.5 Å². The van der Waals surface area contributed by atoms with Crippen molar-refractivity contribution in [1.82, 2.24) is 25.4 Å². The smallest absolute Gasteiger partial charge is 0.224 e. The van der Waals surface area contributed by atoms with E-state index < -0.39 is 0 Å². The summed E-state index contributed by atoms with van der Waals surface area (Å²) >= 11 is 1.65. The third-order valence-electron chi connectivity index (χ3n) is 6.36. The average molecular weight is 510 g/mol. The van der Waals surface area contributed by atoms with Crippen LogP contribution in [0.5, 0.6) is 0 Å². The number of aromatic nitrogens is 4. The average Bonchev–Trinajstić information content (AvgIpc) is 3.61. The molecule has 4 aromatic rings. The van der Waals surface area contributed by atoms with E-state index in [-0.39, 0.29) is 17.4 Å². The number of fused-ring (bicyclic) bond motifs is 2. The lowest BCUT2D eigenvalue weighted by Gasteiger charge is -2.19. The predicted molar refractivity (Wildman–Crippen MR) is 148 cm³/mol. The molecule has 1 aliphatic carbocycles. The summed E-state index contributed by atoms with van der Waals surface area (Å²) in [6, 6.07) is 4.13. The summed E-state index contributed by atoms with van der Waals surface area (Å²) in [5, 5.41) is 11.8. The molecule has 1 atom stereocenters. The number of carbonyl (C=O) groups is 1. The summed E-state index contributed by atoms with van der Waals surface area (Å²) < 4.78 is 0. The molecule has 186 valence electrons. The van der Waals surface area contributed by atoms with Gasteiger partial charge >= 0.3 is 0 Å². The van der Waals surface area contributed by atoms with E-state index in [1.165, 1.54) is 0 Å². The van der Waals surface area contributed by atoms with Crippen molar-refractivity contribution in [2.75, 3.05) is 5.32 Å². The molecule has 0 radical (unpaired) electrons. The minimum absolute atomic E-state index is 0.0156. The van der Waals surface area contributed by atoms with Crippen LogP contribution in [0, 0.1) is 5.41 Å². The third-order valence-corrected chi connectivity index (χ3v) is 7.05. The Balaban J connectivity index is 1.29. The van der Waals surface area contributed by atoms with Gasteiger partial charge in [0.1, 0.15) is 11.2 Å². The molecule has 8 nitrogen and oxygen atoms in total. The molecule has 0 spiro atoms. The van der Waals surface area contributed by atoms with E-state index >= 15 is 0 Å². The molecule has 1 aliphatic heterocycles. The number of imidazole rings is 1. The number of hydrogen-bond acceptors (Lipinski definition) is 7. The Kier molecular flexibility index (Phi) is 5.72. The molecule has 0 saturated heterocycles. The van der Waals surface area contributed by atoms with Crippen LogP contribution in [0.1, 0.15) is 45.0 Å². The Labute approximate surface area is 218 Å². The van der Waals surface area contributed by atoms with Gasteiger partial charge in [-0.3, -0.25) is 14.8 Å². The van der Waals surface area contributed by atoms with Gasteiger partial charge < -0.3 is 15.7 Å². The maximum Gasteiger partial charge on any atom is 0.224 e. The molecule has 37 heavy (non-hydrogen) atoms. The van der Waals surface area contributed by atoms with E-state index in [4.69, 9.17) is 4.98 Å². The fourth-order valence-corrected chi connectivity index (χ4v) is 5.34. The van der Waals surface area contributed by atoms with Gasteiger partial charge in [-0.25, -0.2) is 4.98 Å². The number of carbonyl (C=O) groups excluding carboxylic acids is 1. The summed E-state index contributed by atoms with van der Waals surface area (Å²) in [4.78, 5) is 29.6. The third kappa shape index (κ3) is 4.70. The van der Waals surface area contributed by atoms with Crippen LogP contribution < -0.4 is 10.7 Å². The maximum absolute atomic E-state index is 12.4. The fourth-order valence-electron chi connectivity index (χ4n) is 4.68. The normalized spacial score (nSPS) is 17.1. The lowest BCUT2D eigenvalue weighted by atomic mass is 9.90. The van der Waals surface area contributed by atoms with Gasteiger partial charge in [0.25, 0.3) is 0 Å². The fraction of sp³-hybridized carbons (Fsp3) is 0.250. The molecule has 2 aliphatic rings. The molecule has 9 heteroatoms. The molecule has 0 saturated carbocycles. The standard InChI is InChI=1S/C28H27N7OS/c1-28(2,3)10-24(36)31-19-8-18(11-29-12-19)16-4-5-22-20(9-16)26(35-34-22)27-32-23-14-30-13-21(25(23)33-27)17-6-7-37-15-17/h4,6-9,11-15,22,34H,5,10H2,1-3H3,(H,31,36)(H,32,33). The molecule has 1 unspecified atom stereocenters. The molecule has 0 aromatic carbocycles. The number of hydrazone groups is 1. The van der Waals surface area contributed by atoms with Crippen molar-refractivity contribution >= 4 is 45.2 Å². The number of pyridine rings is 2. The SMILES string of the molecule is CC(C)(C)CC(=O)Nc1cncc(C2=CCC3NN=C(c4nc5c(-c6ccsc6)cncc5[nH]4)C3=C2)c1. The number of allylic oxidation sites excluding steroid dienone is 2. The van der Waals surface area contributed by atoms with Crippen LogP contribution in [0.15, 0.2) is 70.5 Å². The molecule has 0 bridgehead atoms. The first kappa shape index (κ1) is 23.3. The highest BCUT2D eigenvalue weighted by Gasteiger charge is 2.30. The number of anilines is 1. The van der Waals surface area contributed by atoms with Crippen LogP contribution in [-0.2, 0) is 4.79 Å². The Morgan fingerprint density at radius 3 is 2.84 bits per heavy atom. The largest absolute Gasteiger partial charge is 0.335 e. The number of hydrogen-bond donors (Lipinski definition) is 3. The maximum atomic E-state index is 12.4. The zero-order valence-electron chi connectivity index (χ0n) is 20.9. The lowest BCUT2D eigenvalue weighted by molar-refractivity contribution is -0.117. The van der Waals surface area contributed by atoms with E-state index in [1.54, 1.807) is 23.7 Å². The number of amides is 1. The number of nitrogens with one attached hydrogen (secondary N) is 3. The molecular weight excluding hydrogens is 482 g/mol. The van der Waals surface area contributed by atoms with Crippen molar-refractivity contribution in [3.8, 4) is 11.1 Å². The van der Waals surface area contributed by atoms with Crippen LogP contribution in [-0.4, -0.2) is 37.6 Å². The van der Waals surface area contributed by atoms with Crippen LogP contribution in [0.4, 0.5) is 5.69 Å².